The van der Waals surface area contributed by atoms with Gasteiger partial charge in [-0.2, -0.15) is 0 Å². The van der Waals surface area contributed by atoms with Crippen LogP contribution in [0.3, 0.4) is 0 Å². The fourth-order valence-corrected chi connectivity index (χ4v) is 6.18. The number of carbonyl (C=O) groups excluding carboxylic acids is 2. The summed E-state index contributed by atoms with van der Waals surface area (Å²) in [5, 5.41) is 0. The van der Waals surface area contributed by atoms with Crippen molar-refractivity contribution in [1.82, 2.24) is 0 Å². The highest BCUT2D eigenvalue weighted by molar-refractivity contribution is 7.91. The SMILES string of the molecule is CC(C)c1ccc(S(=O)(=O)c2ccc(C(C)C)c(OC(N)=O)c2C(C)C)c(C(C)C)c1OC(N)=O. The van der Waals surface area contributed by atoms with Gasteiger partial charge >= 0.3 is 12.2 Å². The molecule has 0 fully saturated rings. The Bertz CT molecular complexity index is 1140. The van der Waals surface area contributed by atoms with E-state index < -0.39 is 22.0 Å². The summed E-state index contributed by atoms with van der Waals surface area (Å²) in [5.74, 6) is -0.418. The molecule has 0 aliphatic carbocycles. The minimum absolute atomic E-state index is 0.00243. The van der Waals surface area contributed by atoms with Gasteiger partial charge in [-0.1, -0.05) is 67.5 Å². The van der Waals surface area contributed by atoms with Crippen molar-refractivity contribution in [3.05, 3.63) is 46.5 Å². The molecule has 0 atom stereocenters. The maximum absolute atomic E-state index is 14.2. The molecule has 0 aromatic heterocycles. The minimum Gasteiger partial charge on any atom is -0.410 e. The molecule has 35 heavy (non-hydrogen) atoms. The van der Waals surface area contributed by atoms with Crippen molar-refractivity contribution in [3.8, 4) is 11.5 Å². The second-order valence-electron chi connectivity index (χ2n) is 9.76. The van der Waals surface area contributed by atoms with E-state index in [2.05, 4.69) is 0 Å². The fraction of sp³-hybridized carbons (Fsp3) is 0.462. The molecule has 2 amide bonds. The number of amides is 2. The normalized spacial score (nSPS) is 12.0. The number of carbonyl (C=O) groups is 2. The average Bonchev–Trinajstić information content (AvgIpc) is 2.71. The number of benzene rings is 2. The quantitative estimate of drug-likeness (QED) is 0.457. The van der Waals surface area contributed by atoms with E-state index in [0.717, 1.165) is 0 Å². The summed E-state index contributed by atoms with van der Waals surface area (Å²) >= 11 is 0. The standard InChI is InChI=1S/C26H36N2O6S/c1-13(2)17-9-11-19(21(15(5)6)23(17)33-25(27)29)35(31,32)20-12-10-18(14(3)4)24(34-26(28)30)22(20)16(7)8/h9-16H,1-8H3,(H2,27,29)(H2,28,30). The first-order valence-corrected chi connectivity index (χ1v) is 13.1. The number of hydrogen-bond donors (Lipinski definition) is 2. The molecule has 0 aliphatic rings. The van der Waals surface area contributed by atoms with E-state index in [1.807, 2.05) is 55.4 Å². The Labute approximate surface area is 207 Å². The van der Waals surface area contributed by atoms with Crippen LogP contribution in [-0.4, -0.2) is 20.6 Å². The molecule has 0 saturated heterocycles. The van der Waals surface area contributed by atoms with Crippen LogP contribution in [0.2, 0.25) is 0 Å². The monoisotopic (exact) mass is 504 g/mol. The van der Waals surface area contributed by atoms with Crippen molar-refractivity contribution < 1.29 is 27.5 Å². The zero-order chi connectivity index (χ0) is 26.8. The third kappa shape index (κ3) is 5.78. The Hall–Kier alpha value is -3.07. The smallest absolute Gasteiger partial charge is 0.409 e. The Morgan fingerprint density at radius 3 is 1.17 bits per heavy atom. The minimum atomic E-state index is -4.16. The summed E-state index contributed by atoms with van der Waals surface area (Å²) in [4.78, 5) is 23.5. The maximum Gasteiger partial charge on any atom is 0.409 e. The van der Waals surface area contributed by atoms with E-state index in [4.69, 9.17) is 20.9 Å². The molecule has 2 rings (SSSR count). The van der Waals surface area contributed by atoms with E-state index in [9.17, 15) is 18.0 Å². The predicted molar refractivity (Wildman–Crippen MR) is 135 cm³/mol. The molecule has 2 aromatic carbocycles. The highest BCUT2D eigenvalue weighted by Gasteiger charge is 2.33. The summed E-state index contributed by atoms with van der Waals surface area (Å²) in [5.41, 5.74) is 12.7. The molecule has 0 bridgehead atoms. The van der Waals surface area contributed by atoms with E-state index >= 15 is 0 Å². The lowest BCUT2D eigenvalue weighted by Crippen LogP contribution is -2.21. The Morgan fingerprint density at radius 2 is 0.943 bits per heavy atom. The summed E-state index contributed by atoms with van der Waals surface area (Å²) < 4.78 is 39.1. The second kappa shape index (κ2) is 10.7. The Morgan fingerprint density at radius 1 is 0.629 bits per heavy atom. The van der Waals surface area contributed by atoms with Crippen molar-refractivity contribution in [2.24, 2.45) is 11.5 Å². The lowest BCUT2D eigenvalue weighted by atomic mass is 9.93. The van der Waals surface area contributed by atoms with Crippen LogP contribution >= 0.6 is 0 Å². The molecular formula is C26H36N2O6S. The van der Waals surface area contributed by atoms with Gasteiger partial charge in [-0.3, -0.25) is 0 Å². The third-order valence-corrected chi connectivity index (χ3v) is 7.63. The predicted octanol–water partition coefficient (Wildman–Crippen LogP) is 5.93. The van der Waals surface area contributed by atoms with Gasteiger partial charge in [0.05, 0.1) is 9.79 Å². The van der Waals surface area contributed by atoms with Gasteiger partial charge in [0.2, 0.25) is 9.84 Å². The molecule has 0 saturated carbocycles. The topological polar surface area (TPSA) is 139 Å². The largest absolute Gasteiger partial charge is 0.410 e. The van der Waals surface area contributed by atoms with Crippen LogP contribution in [0.5, 0.6) is 11.5 Å². The first kappa shape index (κ1) is 28.2. The summed E-state index contributed by atoms with van der Waals surface area (Å²) in [6.07, 6.45) is -2.05. The third-order valence-electron chi connectivity index (χ3n) is 5.76. The average molecular weight is 505 g/mol. The molecule has 0 unspecified atom stereocenters. The zero-order valence-corrected chi connectivity index (χ0v) is 22.4. The first-order chi connectivity index (χ1) is 16.1. The summed E-state index contributed by atoms with van der Waals surface area (Å²) in [7, 11) is -4.16. The van der Waals surface area contributed by atoms with E-state index in [0.29, 0.717) is 22.3 Å². The van der Waals surface area contributed by atoms with Gasteiger partial charge in [0.25, 0.3) is 0 Å². The highest BCUT2D eigenvalue weighted by atomic mass is 32.2. The molecule has 192 valence electrons. The molecule has 2 aromatic rings. The van der Waals surface area contributed by atoms with Crippen LogP contribution < -0.4 is 20.9 Å². The van der Waals surface area contributed by atoms with Gasteiger partial charge in [-0.15, -0.1) is 0 Å². The lowest BCUT2D eigenvalue weighted by molar-refractivity contribution is 0.208. The van der Waals surface area contributed by atoms with Gasteiger partial charge < -0.3 is 20.9 Å². The highest BCUT2D eigenvalue weighted by Crippen LogP contribution is 2.44. The first-order valence-electron chi connectivity index (χ1n) is 11.6. The van der Waals surface area contributed by atoms with Crippen molar-refractivity contribution >= 4 is 22.0 Å². The fourth-order valence-electron chi connectivity index (χ4n) is 4.22. The van der Waals surface area contributed by atoms with Crippen molar-refractivity contribution in [1.29, 1.82) is 0 Å². The molecule has 0 radical (unpaired) electrons. The van der Waals surface area contributed by atoms with E-state index in [1.54, 1.807) is 12.1 Å². The number of primary amides is 2. The van der Waals surface area contributed by atoms with Crippen LogP contribution in [0.15, 0.2) is 34.1 Å². The maximum atomic E-state index is 14.2. The molecule has 9 heteroatoms. The lowest BCUT2D eigenvalue weighted by Gasteiger charge is -2.24. The molecular weight excluding hydrogens is 468 g/mol. The number of hydrogen-bond acceptors (Lipinski definition) is 6. The molecule has 0 heterocycles. The molecule has 4 N–H and O–H groups in total. The van der Waals surface area contributed by atoms with Crippen LogP contribution in [0.4, 0.5) is 9.59 Å². The van der Waals surface area contributed by atoms with Gasteiger partial charge in [0, 0.05) is 11.1 Å². The van der Waals surface area contributed by atoms with Crippen LogP contribution in [0.25, 0.3) is 0 Å². The van der Waals surface area contributed by atoms with Crippen molar-refractivity contribution in [2.45, 2.75) is 88.9 Å². The zero-order valence-electron chi connectivity index (χ0n) is 21.6. The summed E-state index contributed by atoms with van der Waals surface area (Å²) in [6.45, 7) is 14.9. The Kier molecular flexibility index (Phi) is 8.60. The Balaban J connectivity index is 3.01. The molecule has 0 aliphatic heterocycles. The van der Waals surface area contributed by atoms with Crippen LogP contribution in [-0.2, 0) is 9.84 Å². The number of ether oxygens (including phenoxy) is 2. The second-order valence-corrected chi connectivity index (χ2v) is 11.6. The molecule has 8 nitrogen and oxygen atoms in total. The van der Waals surface area contributed by atoms with Crippen LogP contribution in [0, 0.1) is 0 Å². The van der Waals surface area contributed by atoms with Crippen molar-refractivity contribution in [3.63, 3.8) is 0 Å². The van der Waals surface area contributed by atoms with Crippen molar-refractivity contribution in [2.75, 3.05) is 0 Å². The van der Waals surface area contributed by atoms with E-state index in [1.165, 1.54) is 12.1 Å². The van der Waals surface area contributed by atoms with Gasteiger partial charge in [0.15, 0.2) is 0 Å². The van der Waals surface area contributed by atoms with Gasteiger partial charge in [0.1, 0.15) is 11.5 Å². The van der Waals surface area contributed by atoms with Gasteiger partial charge in [-0.25, -0.2) is 18.0 Å². The van der Waals surface area contributed by atoms with Gasteiger partial charge in [-0.05, 0) is 46.9 Å². The van der Waals surface area contributed by atoms with E-state index in [-0.39, 0.29) is 45.0 Å². The van der Waals surface area contributed by atoms with Crippen LogP contribution in [0.1, 0.15) is 101 Å². The number of rotatable bonds is 8. The molecule has 0 spiro atoms. The number of sulfone groups is 1. The summed E-state index contributed by atoms with van der Waals surface area (Å²) in [6, 6.07) is 6.34. The number of nitrogens with two attached hydrogens (primary N) is 2.